The zero-order chi connectivity index (χ0) is 10.7. The van der Waals surface area contributed by atoms with Crippen LogP contribution in [0.25, 0.3) is 0 Å². The Morgan fingerprint density at radius 1 is 1.33 bits per heavy atom. The second-order valence-corrected chi connectivity index (χ2v) is 5.32. The van der Waals surface area contributed by atoms with Crippen molar-refractivity contribution in [2.45, 2.75) is 5.88 Å². The summed E-state index contributed by atoms with van der Waals surface area (Å²) in [5, 5.41) is 0. The van der Waals surface area contributed by atoms with Gasteiger partial charge in [-0.1, -0.05) is 0 Å². The second kappa shape index (κ2) is 4.90. The van der Waals surface area contributed by atoms with Crippen LogP contribution in [0.1, 0.15) is 5.56 Å². The Labute approximate surface area is 96.1 Å². The van der Waals surface area contributed by atoms with Crippen LogP contribution in [-0.2, 0) is 16.7 Å². The summed E-state index contributed by atoms with van der Waals surface area (Å²) < 4.78 is 11.2. The lowest BCUT2D eigenvalue weighted by Crippen LogP contribution is -2.38. The zero-order valence-corrected chi connectivity index (χ0v) is 9.80. The fourth-order valence-corrected chi connectivity index (χ4v) is 2.61. The van der Waals surface area contributed by atoms with Crippen molar-refractivity contribution in [2.24, 2.45) is 0 Å². The maximum absolute atomic E-state index is 11.2. The van der Waals surface area contributed by atoms with Gasteiger partial charge in [0, 0.05) is 53.4 Å². The number of halogens is 1. The first-order valence-corrected chi connectivity index (χ1v) is 6.78. The molecule has 1 aromatic heterocycles. The van der Waals surface area contributed by atoms with Gasteiger partial charge in [-0.15, -0.1) is 11.6 Å². The van der Waals surface area contributed by atoms with Gasteiger partial charge in [-0.05, 0) is 0 Å². The highest BCUT2D eigenvalue weighted by Gasteiger charge is 2.17. The minimum atomic E-state index is -0.659. The Balaban J connectivity index is 2.06. The zero-order valence-electron chi connectivity index (χ0n) is 8.23. The van der Waals surface area contributed by atoms with Crippen LogP contribution in [0, 0.1) is 0 Å². The van der Waals surface area contributed by atoms with Crippen molar-refractivity contribution in [3.05, 3.63) is 18.0 Å². The van der Waals surface area contributed by atoms with Gasteiger partial charge in [-0.25, -0.2) is 9.97 Å². The Kier molecular flexibility index (Phi) is 3.53. The van der Waals surface area contributed by atoms with E-state index < -0.39 is 10.8 Å². The average molecular weight is 246 g/mol. The van der Waals surface area contributed by atoms with Gasteiger partial charge in [0.1, 0.15) is 0 Å². The molecule has 1 aliphatic rings. The highest BCUT2D eigenvalue weighted by molar-refractivity contribution is 7.85. The first-order valence-electron chi connectivity index (χ1n) is 4.76. The van der Waals surface area contributed by atoms with Crippen molar-refractivity contribution >= 4 is 28.3 Å². The monoisotopic (exact) mass is 245 g/mol. The number of nitrogens with zero attached hydrogens (tertiary/aromatic N) is 3. The summed E-state index contributed by atoms with van der Waals surface area (Å²) in [7, 11) is -0.659. The molecule has 0 saturated carbocycles. The molecule has 0 aromatic carbocycles. The van der Waals surface area contributed by atoms with E-state index in [-0.39, 0.29) is 0 Å². The number of hydrogen-bond acceptors (Lipinski definition) is 4. The van der Waals surface area contributed by atoms with Crippen LogP contribution < -0.4 is 4.90 Å². The molecule has 4 nitrogen and oxygen atoms in total. The van der Waals surface area contributed by atoms with Gasteiger partial charge in [-0.3, -0.25) is 4.21 Å². The lowest BCUT2D eigenvalue weighted by Gasteiger charge is -2.26. The molecule has 6 heteroatoms. The molecule has 0 aliphatic carbocycles. The maximum atomic E-state index is 11.2. The molecule has 1 fully saturated rings. The Bertz CT molecular complexity index is 347. The molecule has 0 unspecified atom stereocenters. The van der Waals surface area contributed by atoms with E-state index in [1.54, 1.807) is 12.4 Å². The molecule has 2 rings (SSSR count). The SMILES string of the molecule is O=S1CCN(c2ncc(CCl)cn2)CC1. The Hall–Kier alpha value is -0.680. The summed E-state index contributed by atoms with van der Waals surface area (Å²) >= 11 is 5.65. The van der Waals surface area contributed by atoms with Crippen molar-refractivity contribution in [1.29, 1.82) is 0 Å². The van der Waals surface area contributed by atoms with Gasteiger partial charge in [0.2, 0.25) is 5.95 Å². The topological polar surface area (TPSA) is 46.1 Å². The molecule has 0 atom stereocenters. The number of hydrogen-bond donors (Lipinski definition) is 0. The maximum Gasteiger partial charge on any atom is 0.225 e. The first kappa shape index (κ1) is 10.8. The predicted octanol–water partition coefficient (Wildman–Crippen LogP) is 0.784. The standard InChI is InChI=1S/C9H12ClN3OS/c10-5-8-6-11-9(12-7-8)13-1-3-15(14)4-2-13/h6-7H,1-5H2. The van der Waals surface area contributed by atoms with Crippen molar-refractivity contribution in [2.75, 3.05) is 29.5 Å². The number of aromatic nitrogens is 2. The van der Waals surface area contributed by atoms with E-state index in [1.165, 1.54) is 0 Å². The van der Waals surface area contributed by atoms with Crippen molar-refractivity contribution in [1.82, 2.24) is 9.97 Å². The molecule has 15 heavy (non-hydrogen) atoms. The fraction of sp³-hybridized carbons (Fsp3) is 0.556. The average Bonchev–Trinajstić information content (AvgIpc) is 2.30. The molecule has 2 heterocycles. The molecule has 0 bridgehead atoms. The molecule has 0 amide bonds. The normalized spacial score (nSPS) is 18.1. The molecule has 1 saturated heterocycles. The van der Waals surface area contributed by atoms with Crippen molar-refractivity contribution in [3.8, 4) is 0 Å². The van der Waals surface area contributed by atoms with Crippen molar-refractivity contribution in [3.63, 3.8) is 0 Å². The van der Waals surface area contributed by atoms with E-state index >= 15 is 0 Å². The lowest BCUT2D eigenvalue weighted by atomic mass is 10.4. The summed E-state index contributed by atoms with van der Waals surface area (Å²) in [5.41, 5.74) is 0.918. The molecular formula is C9H12ClN3OS. The highest BCUT2D eigenvalue weighted by atomic mass is 35.5. The van der Waals surface area contributed by atoms with Crippen LogP contribution in [0.3, 0.4) is 0 Å². The van der Waals surface area contributed by atoms with E-state index in [4.69, 9.17) is 11.6 Å². The lowest BCUT2D eigenvalue weighted by molar-refractivity contribution is 0.671. The summed E-state index contributed by atoms with van der Waals surface area (Å²) in [6, 6.07) is 0. The van der Waals surface area contributed by atoms with Crippen LogP contribution >= 0.6 is 11.6 Å². The van der Waals surface area contributed by atoms with E-state index in [0.29, 0.717) is 23.3 Å². The van der Waals surface area contributed by atoms with Crippen molar-refractivity contribution < 1.29 is 4.21 Å². The van der Waals surface area contributed by atoms with Crippen LogP contribution in [0.15, 0.2) is 12.4 Å². The van der Waals surface area contributed by atoms with Gasteiger partial charge in [0.25, 0.3) is 0 Å². The minimum absolute atomic E-state index is 0.435. The smallest absolute Gasteiger partial charge is 0.225 e. The van der Waals surface area contributed by atoms with E-state index in [1.807, 2.05) is 0 Å². The quantitative estimate of drug-likeness (QED) is 0.723. The molecule has 1 aliphatic heterocycles. The summed E-state index contributed by atoms with van der Waals surface area (Å²) in [6.07, 6.45) is 3.47. The van der Waals surface area contributed by atoms with Gasteiger partial charge in [-0.2, -0.15) is 0 Å². The van der Waals surface area contributed by atoms with E-state index in [9.17, 15) is 4.21 Å². The van der Waals surface area contributed by atoms with Crippen LogP contribution in [0.2, 0.25) is 0 Å². The summed E-state index contributed by atoms with van der Waals surface area (Å²) in [5.74, 6) is 2.56. The van der Waals surface area contributed by atoms with Crippen LogP contribution in [0.5, 0.6) is 0 Å². The molecule has 0 spiro atoms. The fourth-order valence-electron chi connectivity index (χ4n) is 1.42. The molecule has 1 aromatic rings. The van der Waals surface area contributed by atoms with Crippen LogP contribution in [-0.4, -0.2) is 38.8 Å². The van der Waals surface area contributed by atoms with E-state index in [2.05, 4.69) is 14.9 Å². The van der Waals surface area contributed by atoms with Gasteiger partial charge < -0.3 is 4.90 Å². The third-order valence-electron chi connectivity index (χ3n) is 2.31. The van der Waals surface area contributed by atoms with Gasteiger partial charge >= 0.3 is 0 Å². The molecule has 0 N–H and O–H groups in total. The number of rotatable bonds is 2. The first-order chi connectivity index (χ1) is 7.29. The minimum Gasteiger partial charge on any atom is -0.339 e. The predicted molar refractivity (Wildman–Crippen MR) is 61.7 cm³/mol. The largest absolute Gasteiger partial charge is 0.339 e. The van der Waals surface area contributed by atoms with Crippen LogP contribution in [0.4, 0.5) is 5.95 Å². The second-order valence-electron chi connectivity index (χ2n) is 3.36. The third-order valence-corrected chi connectivity index (χ3v) is 3.89. The summed E-state index contributed by atoms with van der Waals surface area (Å²) in [4.78, 5) is 10.5. The highest BCUT2D eigenvalue weighted by Crippen LogP contribution is 2.11. The number of alkyl halides is 1. The molecule has 0 radical (unpaired) electrons. The van der Waals surface area contributed by atoms with Gasteiger partial charge in [0.15, 0.2) is 0 Å². The third kappa shape index (κ3) is 2.66. The Morgan fingerprint density at radius 2 is 1.93 bits per heavy atom. The summed E-state index contributed by atoms with van der Waals surface area (Å²) in [6.45, 7) is 1.54. The molecule has 82 valence electrons. The Morgan fingerprint density at radius 3 is 2.47 bits per heavy atom. The van der Waals surface area contributed by atoms with E-state index in [0.717, 1.165) is 18.7 Å². The molecular weight excluding hydrogens is 234 g/mol. The van der Waals surface area contributed by atoms with Gasteiger partial charge in [0.05, 0.1) is 5.88 Å². The number of anilines is 1.